The first kappa shape index (κ1) is 16.8. The van der Waals surface area contributed by atoms with Gasteiger partial charge in [0.15, 0.2) is 0 Å². The van der Waals surface area contributed by atoms with Crippen LogP contribution < -0.4 is 5.73 Å². The number of benzene rings is 1. The van der Waals surface area contributed by atoms with Crippen molar-refractivity contribution in [3.8, 4) is 0 Å². The lowest BCUT2D eigenvalue weighted by molar-refractivity contribution is -0.130. The van der Waals surface area contributed by atoms with E-state index in [0.29, 0.717) is 18.6 Å². The van der Waals surface area contributed by atoms with Gasteiger partial charge in [-0.1, -0.05) is 12.1 Å². The molecule has 1 aliphatic heterocycles. The Morgan fingerprint density at radius 2 is 1.96 bits per heavy atom. The van der Waals surface area contributed by atoms with Crippen LogP contribution in [0.4, 0.5) is 0 Å². The second kappa shape index (κ2) is 6.46. The fourth-order valence-electron chi connectivity index (χ4n) is 2.90. The number of aromatic nitrogens is 1. The summed E-state index contributed by atoms with van der Waals surface area (Å²) in [4.78, 5) is 17.7. The fourth-order valence-corrected chi connectivity index (χ4v) is 4.48. The maximum atomic E-state index is 13.0. The Kier molecular flexibility index (Phi) is 4.53. The molecule has 7 nitrogen and oxygen atoms in total. The van der Waals surface area contributed by atoms with Gasteiger partial charge in [-0.25, -0.2) is 8.42 Å². The molecule has 1 aromatic heterocycles. The smallest absolute Gasteiger partial charge is 0.245 e. The number of sulfonamides is 1. The summed E-state index contributed by atoms with van der Waals surface area (Å²) in [6.07, 6.45) is 1.67. The summed E-state index contributed by atoms with van der Waals surface area (Å²) in [6, 6.07) is 7.08. The summed E-state index contributed by atoms with van der Waals surface area (Å²) in [5.74, 6) is -0.158. The Morgan fingerprint density at radius 1 is 1.25 bits per heavy atom. The minimum absolute atomic E-state index is 0.0562. The lowest BCUT2D eigenvalue weighted by Gasteiger charge is -2.33. The number of fused-ring (bicyclic) bond motifs is 1. The molecule has 2 N–H and O–H groups in total. The molecule has 1 amide bonds. The van der Waals surface area contributed by atoms with E-state index < -0.39 is 10.0 Å². The van der Waals surface area contributed by atoms with Crippen LogP contribution in [-0.4, -0.2) is 61.2 Å². The molecule has 0 saturated carbocycles. The van der Waals surface area contributed by atoms with Crippen molar-refractivity contribution in [3.63, 3.8) is 0 Å². The highest BCUT2D eigenvalue weighted by Crippen LogP contribution is 2.25. The molecule has 0 bridgehead atoms. The molecule has 128 valence electrons. The van der Waals surface area contributed by atoms with Gasteiger partial charge < -0.3 is 10.6 Å². The van der Waals surface area contributed by atoms with Crippen molar-refractivity contribution in [1.29, 1.82) is 0 Å². The number of amides is 1. The van der Waals surface area contributed by atoms with Gasteiger partial charge >= 0.3 is 0 Å². The number of carbonyl (C=O) groups is 1. The van der Waals surface area contributed by atoms with E-state index in [4.69, 9.17) is 5.73 Å². The predicted octanol–water partition coefficient (Wildman–Crippen LogP) is 0.335. The van der Waals surface area contributed by atoms with E-state index in [1.54, 1.807) is 23.2 Å². The van der Waals surface area contributed by atoms with Gasteiger partial charge in [0.05, 0.1) is 12.1 Å². The molecule has 2 aromatic rings. The fraction of sp³-hybridized carbons (Fsp3) is 0.375. The molecule has 1 saturated heterocycles. The van der Waals surface area contributed by atoms with Gasteiger partial charge in [0.2, 0.25) is 15.9 Å². The number of carbonyl (C=O) groups excluding carboxylic acids is 1. The Bertz CT molecular complexity index is 874. The first-order valence-corrected chi connectivity index (χ1v) is 9.21. The summed E-state index contributed by atoms with van der Waals surface area (Å²) < 4.78 is 27.4. The van der Waals surface area contributed by atoms with Crippen LogP contribution in [0.3, 0.4) is 0 Å². The molecule has 1 fully saturated rings. The summed E-state index contributed by atoms with van der Waals surface area (Å²) >= 11 is 0. The molecule has 0 unspecified atom stereocenters. The molecule has 0 atom stereocenters. The second-order valence-corrected chi connectivity index (χ2v) is 7.74. The Balaban J connectivity index is 1.91. The van der Waals surface area contributed by atoms with Gasteiger partial charge in [0, 0.05) is 37.8 Å². The maximum absolute atomic E-state index is 13.0. The molecule has 24 heavy (non-hydrogen) atoms. The number of hydrogen-bond donors (Lipinski definition) is 1. The predicted molar refractivity (Wildman–Crippen MR) is 90.9 cm³/mol. The molecule has 8 heteroatoms. The van der Waals surface area contributed by atoms with Crippen molar-refractivity contribution in [2.24, 2.45) is 5.73 Å². The quantitative estimate of drug-likeness (QED) is 0.862. The average Bonchev–Trinajstić information content (AvgIpc) is 2.60. The van der Waals surface area contributed by atoms with E-state index in [1.807, 2.05) is 19.1 Å². The van der Waals surface area contributed by atoms with Crippen LogP contribution >= 0.6 is 0 Å². The Labute approximate surface area is 141 Å². The average molecular weight is 348 g/mol. The van der Waals surface area contributed by atoms with Crippen molar-refractivity contribution < 1.29 is 13.2 Å². The number of nitrogens with zero attached hydrogens (tertiary/aromatic N) is 3. The molecule has 0 spiro atoms. The molecule has 3 rings (SSSR count). The van der Waals surface area contributed by atoms with Crippen LogP contribution in [0.15, 0.2) is 35.4 Å². The summed E-state index contributed by atoms with van der Waals surface area (Å²) in [5, 5.41) is 0.799. The monoisotopic (exact) mass is 348 g/mol. The van der Waals surface area contributed by atoms with Crippen molar-refractivity contribution >= 4 is 26.8 Å². The van der Waals surface area contributed by atoms with Gasteiger partial charge in [-0.2, -0.15) is 4.31 Å². The summed E-state index contributed by atoms with van der Waals surface area (Å²) in [6.45, 7) is 3.09. The molecule has 2 heterocycles. The maximum Gasteiger partial charge on any atom is 0.245 e. The van der Waals surface area contributed by atoms with Crippen LogP contribution in [-0.2, 0) is 14.8 Å². The third kappa shape index (κ3) is 3.00. The van der Waals surface area contributed by atoms with Crippen molar-refractivity contribution in [2.75, 3.05) is 32.7 Å². The number of nitrogens with two attached hydrogens (primary N) is 1. The SMILES string of the molecule is Cc1cnc2c(S(=O)(=O)N3CCN(C(=O)CN)CC3)cccc2c1. The van der Waals surface area contributed by atoms with E-state index in [9.17, 15) is 13.2 Å². The number of rotatable bonds is 3. The highest BCUT2D eigenvalue weighted by Gasteiger charge is 2.31. The zero-order valence-electron chi connectivity index (χ0n) is 13.5. The van der Waals surface area contributed by atoms with E-state index in [1.165, 1.54) is 4.31 Å². The largest absolute Gasteiger partial charge is 0.339 e. The van der Waals surface area contributed by atoms with Crippen LogP contribution in [0.25, 0.3) is 10.9 Å². The van der Waals surface area contributed by atoms with Gasteiger partial charge in [-0.15, -0.1) is 0 Å². The number of para-hydroxylation sites is 1. The lowest BCUT2D eigenvalue weighted by atomic mass is 10.2. The Hall–Kier alpha value is -2.03. The van der Waals surface area contributed by atoms with Crippen LogP contribution in [0.5, 0.6) is 0 Å². The van der Waals surface area contributed by atoms with Gasteiger partial charge in [-0.05, 0) is 24.6 Å². The number of piperazine rings is 1. The van der Waals surface area contributed by atoms with Crippen molar-refractivity contribution in [2.45, 2.75) is 11.8 Å². The zero-order valence-corrected chi connectivity index (χ0v) is 14.3. The first-order valence-electron chi connectivity index (χ1n) is 7.77. The molecule has 1 aromatic carbocycles. The van der Waals surface area contributed by atoms with Gasteiger partial charge in [-0.3, -0.25) is 9.78 Å². The molecular formula is C16H20N4O3S. The highest BCUT2D eigenvalue weighted by molar-refractivity contribution is 7.89. The van der Waals surface area contributed by atoms with Gasteiger partial charge in [0.25, 0.3) is 0 Å². The minimum Gasteiger partial charge on any atom is -0.339 e. The summed E-state index contributed by atoms with van der Waals surface area (Å²) in [5.41, 5.74) is 6.81. The van der Waals surface area contributed by atoms with E-state index in [2.05, 4.69) is 4.98 Å². The molecular weight excluding hydrogens is 328 g/mol. The molecule has 0 radical (unpaired) electrons. The van der Waals surface area contributed by atoms with Crippen molar-refractivity contribution in [3.05, 3.63) is 36.0 Å². The highest BCUT2D eigenvalue weighted by atomic mass is 32.2. The third-order valence-electron chi connectivity index (χ3n) is 4.19. The number of hydrogen-bond acceptors (Lipinski definition) is 5. The minimum atomic E-state index is -3.66. The topological polar surface area (TPSA) is 96.6 Å². The lowest BCUT2D eigenvalue weighted by Crippen LogP contribution is -2.51. The van der Waals surface area contributed by atoms with Crippen LogP contribution in [0, 0.1) is 6.92 Å². The van der Waals surface area contributed by atoms with Crippen LogP contribution in [0.1, 0.15) is 5.56 Å². The van der Waals surface area contributed by atoms with Crippen molar-refractivity contribution in [1.82, 2.24) is 14.2 Å². The van der Waals surface area contributed by atoms with E-state index >= 15 is 0 Å². The Morgan fingerprint density at radius 3 is 2.62 bits per heavy atom. The summed E-state index contributed by atoms with van der Waals surface area (Å²) in [7, 11) is -3.66. The second-order valence-electron chi connectivity index (χ2n) is 5.83. The molecule has 1 aliphatic rings. The normalized spacial score (nSPS) is 16.5. The zero-order chi connectivity index (χ0) is 17.3. The van der Waals surface area contributed by atoms with Crippen LogP contribution in [0.2, 0.25) is 0 Å². The van der Waals surface area contributed by atoms with Gasteiger partial charge in [0.1, 0.15) is 4.90 Å². The van der Waals surface area contributed by atoms with E-state index in [0.717, 1.165) is 10.9 Å². The molecule has 0 aliphatic carbocycles. The number of aryl methyl sites for hydroxylation is 1. The first-order chi connectivity index (χ1) is 11.4. The third-order valence-corrected chi connectivity index (χ3v) is 6.12. The van der Waals surface area contributed by atoms with E-state index in [-0.39, 0.29) is 30.4 Å². The number of pyridine rings is 1. The standard InChI is InChI=1S/C16H20N4O3S/c1-12-9-13-3-2-4-14(16(13)18-11-12)24(22,23)20-7-5-19(6-8-20)15(21)10-17/h2-4,9,11H,5-8,10,17H2,1H3.